The van der Waals surface area contributed by atoms with E-state index in [1.54, 1.807) is 0 Å². The number of carbonyl (C=O) groups is 1. The van der Waals surface area contributed by atoms with E-state index >= 15 is 0 Å². The lowest BCUT2D eigenvalue weighted by atomic mass is 10.1. The van der Waals surface area contributed by atoms with Crippen LogP contribution in [0.15, 0.2) is 12.1 Å². The molecule has 20 heavy (non-hydrogen) atoms. The molecule has 1 saturated carbocycles. The molecule has 0 radical (unpaired) electrons. The van der Waals surface area contributed by atoms with E-state index in [4.69, 9.17) is 14.9 Å². The number of fused-ring (bicyclic) bond motifs is 1. The summed E-state index contributed by atoms with van der Waals surface area (Å²) in [5, 5.41) is 10.5. The minimum absolute atomic E-state index is 0.792. The topological polar surface area (TPSA) is 62.2 Å². The Morgan fingerprint density at radius 3 is 2.55 bits per heavy atom. The molecule has 4 nitrogen and oxygen atoms in total. The summed E-state index contributed by atoms with van der Waals surface area (Å²) in [6.07, 6.45) is -1.27. The Bertz CT molecular complexity index is 499. The molecule has 0 unspecified atom stereocenters. The van der Waals surface area contributed by atoms with Gasteiger partial charge in [-0.25, -0.2) is 4.79 Å². The van der Waals surface area contributed by atoms with E-state index < -0.39 is 12.1 Å². The monoisotopic (exact) mass is 288 g/mol. The van der Waals surface area contributed by atoms with Crippen molar-refractivity contribution in [2.75, 3.05) is 6.54 Å². The second-order valence-electron chi connectivity index (χ2n) is 4.85. The molecular formula is C13H15F3N2O2. The molecular weight excluding hydrogens is 273 g/mol. The van der Waals surface area contributed by atoms with Gasteiger partial charge >= 0.3 is 12.1 Å². The van der Waals surface area contributed by atoms with Crippen LogP contribution in [0.2, 0.25) is 0 Å². The van der Waals surface area contributed by atoms with Gasteiger partial charge < -0.3 is 10.4 Å². The number of aliphatic carboxylic acids is 1. The first kappa shape index (κ1) is 14.8. The molecule has 1 aromatic heterocycles. The summed E-state index contributed by atoms with van der Waals surface area (Å²) in [5.74, 6) is -1.97. The molecule has 0 amide bonds. The van der Waals surface area contributed by atoms with Gasteiger partial charge in [-0.1, -0.05) is 6.07 Å². The van der Waals surface area contributed by atoms with Crippen LogP contribution >= 0.6 is 0 Å². The Kier molecular flexibility index (Phi) is 4.27. The van der Waals surface area contributed by atoms with Gasteiger partial charge in [0.25, 0.3) is 0 Å². The van der Waals surface area contributed by atoms with Gasteiger partial charge in [0, 0.05) is 36.8 Å². The predicted molar refractivity (Wildman–Crippen MR) is 65.3 cm³/mol. The number of carboxylic acids is 1. The van der Waals surface area contributed by atoms with Crippen molar-refractivity contribution in [3.63, 3.8) is 0 Å². The van der Waals surface area contributed by atoms with Crippen LogP contribution in [0.3, 0.4) is 0 Å². The molecule has 3 rings (SSSR count). The van der Waals surface area contributed by atoms with Crippen LogP contribution < -0.4 is 5.32 Å². The fourth-order valence-corrected chi connectivity index (χ4v) is 1.96. The smallest absolute Gasteiger partial charge is 0.475 e. The van der Waals surface area contributed by atoms with Crippen molar-refractivity contribution in [2.45, 2.75) is 37.9 Å². The van der Waals surface area contributed by atoms with Crippen LogP contribution in [0.4, 0.5) is 13.2 Å². The fraction of sp³-hybridized carbons (Fsp3) is 0.538. The van der Waals surface area contributed by atoms with Crippen LogP contribution in [0.5, 0.6) is 0 Å². The molecule has 2 heterocycles. The fourth-order valence-electron chi connectivity index (χ4n) is 1.96. The van der Waals surface area contributed by atoms with Crippen molar-refractivity contribution < 1.29 is 23.1 Å². The lowest BCUT2D eigenvalue weighted by Crippen LogP contribution is -2.24. The third-order valence-corrected chi connectivity index (χ3v) is 3.18. The molecule has 0 spiro atoms. The van der Waals surface area contributed by atoms with E-state index in [1.165, 1.54) is 29.8 Å². The Labute approximate surface area is 114 Å². The molecule has 110 valence electrons. The van der Waals surface area contributed by atoms with E-state index in [2.05, 4.69) is 17.4 Å². The third-order valence-electron chi connectivity index (χ3n) is 3.18. The van der Waals surface area contributed by atoms with Gasteiger partial charge in [0.1, 0.15) is 0 Å². The lowest BCUT2D eigenvalue weighted by molar-refractivity contribution is -0.192. The molecule has 1 fully saturated rings. The normalized spacial score (nSPS) is 17.8. The van der Waals surface area contributed by atoms with Gasteiger partial charge in [0.15, 0.2) is 0 Å². The molecule has 0 atom stereocenters. The molecule has 2 aliphatic rings. The third kappa shape index (κ3) is 3.93. The standard InChI is InChI=1S/C11H14N2.C2HF3O2/c1-2-8(1)10-4-3-9-7-12-6-5-11(9)13-10;3-2(4,5)1(6)7/h3-4,8,12H,1-2,5-7H2;(H,6,7). The van der Waals surface area contributed by atoms with Crippen molar-refractivity contribution in [1.29, 1.82) is 0 Å². The first-order chi connectivity index (χ1) is 9.38. The van der Waals surface area contributed by atoms with Gasteiger partial charge in [0.05, 0.1) is 0 Å². The van der Waals surface area contributed by atoms with Crippen LogP contribution in [0, 0.1) is 0 Å². The second-order valence-corrected chi connectivity index (χ2v) is 4.85. The molecule has 7 heteroatoms. The Balaban J connectivity index is 0.000000182. The number of carboxylic acid groups (broad SMARTS) is 1. The maximum atomic E-state index is 10.6. The van der Waals surface area contributed by atoms with E-state index in [-0.39, 0.29) is 0 Å². The number of aromatic nitrogens is 1. The number of pyridine rings is 1. The molecule has 1 aliphatic carbocycles. The van der Waals surface area contributed by atoms with Gasteiger partial charge in [-0.05, 0) is 24.5 Å². The number of nitrogens with one attached hydrogen (secondary N) is 1. The number of hydrogen-bond donors (Lipinski definition) is 2. The van der Waals surface area contributed by atoms with E-state index in [9.17, 15) is 13.2 Å². The van der Waals surface area contributed by atoms with E-state index in [0.717, 1.165) is 25.4 Å². The molecule has 0 saturated heterocycles. The van der Waals surface area contributed by atoms with Crippen molar-refractivity contribution in [3.8, 4) is 0 Å². The zero-order chi connectivity index (χ0) is 14.8. The number of halogens is 3. The van der Waals surface area contributed by atoms with E-state index in [0.29, 0.717) is 0 Å². The van der Waals surface area contributed by atoms with Crippen LogP contribution in [0.25, 0.3) is 0 Å². The number of rotatable bonds is 1. The van der Waals surface area contributed by atoms with Gasteiger partial charge in [-0.3, -0.25) is 4.98 Å². The van der Waals surface area contributed by atoms with Gasteiger partial charge in [0.2, 0.25) is 0 Å². The lowest BCUT2D eigenvalue weighted by Gasteiger charge is -2.16. The van der Waals surface area contributed by atoms with Crippen molar-refractivity contribution in [3.05, 3.63) is 29.1 Å². The minimum Gasteiger partial charge on any atom is -0.475 e. The predicted octanol–water partition coefficient (Wildman–Crippen LogP) is 2.24. The summed E-state index contributed by atoms with van der Waals surface area (Å²) in [5.41, 5.74) is 4.07. The maximum absolute atomic E-state index is 10.6. The summed E-state index contributed by atoms with van der Waals surface area (Å²) in [7, 11) is 0. The second kappa shape index (κ2) is 5.78. The zero-order valence-electron chi connectivity index (χ0n) is 10.7. The minimum atomic E-state index is -5.08. The molecule has 1 aliphatic heterocycles. The summed E-state index contributed by atoms with van der Waals surface area (Å²) in [6, 6.07) is 4.46. The summed E-state index contributed by atoms with van der Waals surface area (Å²) < 4.78 is 31.7. The van der Waals surface area contributed by atoms with Gasteiger partial charge in [-0.15, -0.1) is 0 Å². The number of hydrogen-bond acceptors (Lipinski definition) is 3. The highest BCUT2D eigenvalue weighted by Gasteiger charge is 2.38. The van der Waals surface area contributed by atoms with Crippen LogP contribution in [-0.4, -0.2) is 28.8 Å². The number of nitrogens with zero attached hydrogens (tertiary/aromatic N) is 1. The Morgan fingerprint density at radius 1 is 1.35 bits per heavy atom. The molecule has 1 aromatic rings. The first-order valence-electron chi connectivity index (χ1n) is 6.37. The molecule has 0 bridgehead atoms. The Hall–Kier alpha value is -1.63. The largest absolute Gasteiger partial charge is 0.490 e. The summed E-state index contributed by atoms with van der Waals surface area (Å²) in [4.78, 5) is 13.6. The average molecular weight is 288 g/mol. The highest BCUT2D eigenvalue weighted by molar-refractivity contribution is 5.73. The highest BCUT2D eigenvalue weighted by Crippen LogP contribution is 2.39. The quantitative estimate of drug-likeness (QED) is 0.832. The van der Waals surface area contributed by atoms with Crippen LogP contribution in [-0.2, 0) is 17.8 Å². The van der Waals surface area contributed by atoms with Gasteiger partial charge in [-0.2, -0.15) is 13.2 Å². The number of alkyl halides is 3. The first-order valence-corrected chi connectivity index (χ1v) is 6.37. The zero-order valence-corrected chi connectivity index (χ0v) is 10.7. The van der Waals surface area contributed by atoms with E-state index in [1.807, 2.05) is 0 Å². The SMILES string of the molecule is O=C(O)C(F)(F)F.c1cc2c(nc1C1CC1)CCNC2. The van der Waals surface area contributed by atoms with Crippen molar-refractivity contribution in [2.24, 2.45) is 0 Å². The summed E-state index contributed by atoms with van der Waals surface area (Å²) >= 11 is 0. The highest BCUT2D eigenvalue weighted by atomic mass is 19.4. The average Bonchev–Trinajstić information content (AvgIpc) is 3.22. The van der Waals surface area contributed by atoms with Crippen LogP contribution in [0.1, 0.15) is 35.7 Å². The summed E-state index contributed by atoms with van der Waals surface area (Å²) in [6.45, 7) is 2.10. The Morgan fingerprint density at radius 2 is 2.00 bits per heavy atom. The molecule has 2 N–H and O–H groups in total. The molecule has 0 aromatic carbocycles. The van der Waals surface area contributed by atoms with Crippen molar-refractivity contribution >= 4 is 5.97 Å². The maximum Gasteiger partial charge on any atom is 0.490 e. The van der Waals surface area contributed by atoms with Crippen molar-refractivity contribution in [1.82, 2.24) is 10.3 Å².